The van der Waals surface area contributed by atoms with E-state index < -0.39 is 5.97 Å². The lowest BCUT2D eigenvalue weighted by Gasteiger charge is -2.10. The fourth-order valence-corrected chi connectivity index (χ4v) is 1.75. The first kappa shape index (κ1) is 20.5. The normalized spacial score (nSPS) is 11.0. The number of amides is 1. The van der Waals surface area contributed by atoms with Gasteiger partial charge in [-0.05, 0) is 37.3 Å². The topological polar surface area (TPSA) is 91.2 Å². The summed E-state index contributed by atoms with van der Waals surface area (Å²) in [5, 5.41) is 0.514. The van der Waals surface area contributed by atoms with E-state index in [1.807, 2.05) is 13.0 Å². The maximum absolute atomic E-state index is 12.1. The van der Waals surface area contributed by atoms with Crippen LogP contribution in [-0.2, 0) is 9.53 Å². The van der Waals surface area contributed by atoms with Crippen molar-refractivity contribution in [1.29, 1.82) is 0 Å². The fraction of sp³-hybridized carbons (Fsp3) is 0.222. The van der Waals surface area contributed by atoms with E-state index in [0.717, 1.165) is 13.2 Å². The van der Waals surface area contributed by atoms with Crippen molar-refractivity contribution >= 4 is 24.0 Å². The number of nitrogens with two attached hydrogens (primary N) is 1. The van der Waals surface area contributed by atoms with Crippen molar-refractivity contribution in [2.75, 3.05) is 19.8 Å². The van der Waals surface area contributed by atoms with Gasteiger partial charge in [-0.3, -0.25) is 4.79 Å². The van der Waals surface area contributed by atoms with Gasteiger partial charge in [0.15, 0.2) is 0 Å². The monoisotopic (exact) mass is 365 g/mol. The molecule has 7 heteroatoms. The first-order valence-electron chi connectivity index (χ1n) is 7.55. The van der Waals surface area contributed by atoms with Crippen molar-refractivity contribution in [1.82, 2.24) is 0 Å². The van der Waals surface area contributed by atoms with E-state index >= 15 is 0 Å². The zero-order chi connectivity index (χ0) is 18.5. The molecular formula is C18H20ClNO5. The largest absolute Gasteiger partial charge is 0.493 e. The van der Waals surface area contributed by atoms with E-state index in [-0.39, 0.29) is 6.41 Å². The summed E-state index contributed by atoms with van der Waals surface area (Å²) in [4.78, 5) is 20.7. The van der Waals surface area contributed by atoms with Gasteiger partial charge in [0.2, 0.25) is 6.41 Å². The number of hydrogen-bond acceptors (Lipinski definition) is 5. The van der Waals surface area contributed by atoms with Gasteiger partial charge in [-0.1, -0.05) is 29.8 Å². The number of esters is 1. The van der Waals surface area contributed by atoms with Gasteiger partial charge in [-0.15, -0.1) is 0 Å². The van der Waals surface area contributed by atoms with Crippen LogP contribution in [0.5, 0.6) is 11.5 Å². The van der Waals surface area contributed by atoms with Crippen molar-refractivity contribution in [3.63, 3.8) is 0 Å². The van der Waals surface area contributed by atoms with Gasteiger partial charge < -0.3 is 19.9 Å². The van der Waals surface area contributed by atoms with E-state index in [0.29, 0.717) is 28.7 Å². The quantitative estimate of drug-likeness (QED) is 0.389. The predicted molar refractivity (Wildman–Crippen MR) is 95.1 cm³/mol. The first-order valence-corrected chi connectivity index (χ1v) is 7.92. The molecule has 3 rings (SSSR count). The van der Waals surface area contributed by atoms with Crippen LogP contribution in [0.4, 0.5) is 0 Å². The second-order valence-corrected chi connectivity index (χ2v) is 4.96. The number of hydrogen-bond donors (Lipinski definition) is 1. The van der Waals surface area contributed by atoms with Crippen LogP contribution in [0, 0.1) is 0 Å². The summed E-state index contributed by atoms with van der Waals surface area (Å²) in [5.74, 6) is 0.451. The van der Waals surface area contributed by atoms with Crippen molar-refractivity contribution in [2.45, 2.75) is 6.92 Å². The van der Waals surface area contributed by atoms with E-state index in [1.54, 1.807) is 42.5 Å². The maximum atomic E-state index is 12.1. The molecule has 0 bridgehead atoms. The second kappa shape index (κ2) is 11.9. The number of para-hydroxylation sites is 1. The van der Waals surface area contributed by atoms with E-state index in [1.165, 1.54) is 0 Å². The van der Waals surface area contributed by atoms with Crippen LogP contribution in [0.25, 0.3) is 0 Å². The van der Waals surface area contributed by atoms with Crippen LogP contribution in [0.15, 0.2) is 48.5 Å². The molecule has 2 aromatic rings. The third-order valence-corrected chi connectivity index (χ3v) is 2.86. The molecule has 0 aromatic heterocycles. The van der Waals surface area contributed by atoms with E-state index in [9.17, 15) is 4.79 Å². The van der Waals surface area contributed by atoms with Crippen LogP contribution >= 0.6 is 11.6 Å². The number of benzene rings is 2. The van der Waals surface area contributed by atoms with Gasteiger partial charge in [0.25, 0.3) is 0 Å². The minimum Gasteiger partial charge on any atom is -0.493 e. The number of carbonyl (C=O) groups excluding carboxylic acids is 2. The Morgan fingerprint density at radius 3 is 2.36 bits per heavy atom. The summed E-state index contributed by atoms with van der Waals surface area (Å²) in [6, 6.07) is 13.7. The number of carbonyl (C=O) groups is 2. The highest BCUT2D eigenvalue weighted by Gasteiger charge is 2.15. The van der Waals surface area contributed by atoms with E-state index in [2.05, 4.69) is 10.5 Å². The van der Waals surface area contributed by atoms with Gasteiger partial charge in [0.05, 0.1) is 19.8 Å². The Balaban J connectivity index is 0.000000445. The van der Waals surface area contributed by atoms with Gasteiger partial charge in [0.1, 0.15) is 17.1 Å². The average Bonchev–Trinajstić information content (AvgIpc) is 3.46. The molecule has 0 aliphatic carbocycles. The number of primary amides is 1. The lowest BCUT2D eigenvalue weighted by molar-refractivity contribution is -0.106. The third-order valence-electron chi connectivity index (χ3n) is 2.62. The Morgan fingerprint density at radius 1 is 1.24 bits per heavy atom. The van der Waals surface area contributed by atoms with Gasteiger partial charge in [0, 0.05) is 5.02 Å². The van der Waals surface area contributed by atoms with Crippen LogP contribution in [-0.4, -0.2) is 32.2 Å². The molecular weight excluding hydrogens is 346 g/mol. The average molecular weight is 366 g/mol. The summed E-state index contributed by atoms with van der Waals surface area (Å²) < 4.78 is 15.2. The summed E-state index contributed by atoms with van der Waals surface area (Å²) in [6.07, 6.45) is 0.250. The van der Waals surface area contributed by atoms with Crippen molar-refractivity contribution in [3.05, 3.63) is 59.1 Å². The minimum atomic E-state index is -0.466. The van der Waals surface area contributed by atoms with E-state index in [4.69, 9.17) is 25.9 Å². The Hall–Kier alpha value is -2.57. The zero-order valence-electron chi connectivity index (χ0n) is 13.8. The highest BCUT2D eigenvalue weighted by Crippen LogP contribution is 2.25. The smallest absolute Gasteiger partial charge is 0.347 e. The Labute approximate surface area is 151 Å². The summed E-state index contributed by atoms with van der Waals surface area (Å²) in [5.41, 5.74) is 4.52. The molecule has 1 amide bonds. The van der Waals surface area contributed by atoms with Gasteiger partial charge in [-0.2, -0.15) is 0 Å². The van der Waals surface area contributed by atoms with Crippen molar-refractivity contribution in [2.24, 2.45) is 5.73 Å². The molecule has 1 aliphatic rings. The number of halogens is 1. The number of ether oxygens (including phenoxy) is 3. The standard InChI is InChI=1S/C15H13ClO3.C2H4O.CH3NO/c1-2-18-14-10-11(16)8-9-13(14)15(17)19-12-6-4-3-5-7-12;1-2-3-1;2-1-3/h3-10H,2H2,1H3;1-2H2;1H,(H2,2,3). The molecule has 0 unspecified atom stereocenters. The molecule has 25 heavy (non-hydrogen) atoms. The number of rotatable bonds is 4. The Bertz CT molecular complexity index is 659. The maximum Gasteiger partial charge on any atom is 0.347 e. The second-order valence-electron chi connectivity index (χ2n) is 4.52. The highest BCUT2D eigenvalue weighted by atomic mass is 35.5. The molecule has 0 spiro atoms. The lowest BCUT2D eigenvalue weighted by Crippen LogP contribution is -2.10. The Kier molecular flexibility index (Phi) is 9.74. The minimum absolute atomic E-state index is 0.250. The van der Waals surface area contributed by atoms with Crippen molar-refractivity contribution in [3.8, 4) is 11.5 Å². The van der Waals surface area contributed by atoms with Gasteiger partial charge >= 0.3 is 5.97 Å². The first-order chi connectivity index (χ1) is 12.1. The molecule has 0 saturated carbocycles. The summed E-state index contributed by atoms with van der Waals surface area (Å²) in [7, 11) is 0. The summed E-state index contributed by atoms with van der Waals surface area (Å²) in [6.45, 7) is 4.29. The molecule has 0 atom stereocenters. The van der Waals surface area contributed by atoms with Crippen LogP contribution in [0.2, 0.25) is 5.02 Å². The molecule has 1 fully saturated rings. The molecule has 1 aliphatic heterocycles. The lowest BCUT2D eigenvalue weighted by atomic mass is 10.2. The van der Waals surface area contributed by atoms with Gasteiger partial charge in [-0.25, -0.2) is 4.79 Å². The summed E-state index contributed by atoms with van der Waals surface area (Å²) >= 11 is 5.89. The predicted octanol–water partition coefficient (Wildman–Crippen LogP) is 3.08. The fourth-order valence-electron chi connectivity index (χ4n) is 1.59. The Morgan fingerprint density at radius 2 is 1.84 bits per heavy atom. The SMILES string of the molecule is C1CO1.CCOc1cc(Cl)ccc1C(=O)Oc1ccccc1.NC=O. The molecule has 6 nitrogen and oxygen atoms in total. The highest BCUT2D eigenvalue weighted by molar-refractivity contribution is 6.30. The van der Waals surface area contributed by atoms with Crippen LogP contribution in [0.3, 0.4) is 0 Å². The molecule has 2 N–H and O–H groups in total. The number of epoxide rings is 1. The van der Waals surface area contributed by atoms with Crippen LogP contribution in [0.1, 0.15) is 17.3 Å². The van der Waals surface area contributed by atoms with Crippen LogP contribution < -0.4 is 15.2 Å². The third kappa shape index (κ3) is 8.74. The molecule has 134 valence electrons. The molecule has 1 saturated heterocycles. The molecule has 1 heterocycles. The zero-order valence-corrected chi connectivity index (χ0v) is 14.6. The molecule has 0 radical (unpaired) electrons. The van der Waals surface area contributed by atoms with Crippen molar-refractivity contribution < 1.29 is 23.8 Å². The molecule has 2 aromatic carbocycles.